The van der Waals surface area contributed by atoms with E-state index in [9.17, 15) is 46.9 Å². The van der Waals surface area contributed by atoms with Gasteiger partial charge in [-0.15, -0.1) is 23.5 Å². The number of rotatable bonds is 16. The van der Waals surface area contributed by atoms with Crippen LogP contribution >= 0.6 is 23.5 Å². The summed E-state index contributed by atoms with van der Waals surface area (Å²) in [7, 11) is -7.73. The van der Waals surface area contributed by atoms with Gasteiger partial charge in [-0.2, -0.15) is 16.8 Å². The number of hydrogen-bond acceptors (Lipinski definition) is 14. The van der Waals surface area contributed by atoms with E-state index in [1.807, 2.05) is 13.8 Å². The summed E-state index contributed by atoms with van der Waals surface area (Å²) in [5.41, 5.74) is 1.69. The van der Waals surface area contributed by atoms with Gasteiger partial charge in [0.05, 0.1) is 37.4 Å². The number of carboxylic acids is 2. The SMILES string of the molecule is CC(O)C(C(=O)O)C1C(C)C(SC2CNC(CNS(N)(=O)=O)C2)=C2CN3C(=C(SC4CNC(CNS(N)(=O)=O)C4)C(C)C3C(C(=O)O)C(C)O)CN21. The number of carboxylic acid groups (broad SMARTS) is 2. The van der Waals surface area contributed by atoms with E-state index in [1.165, 1.54) is 13.8 Å². The Morgan fingerprint density at radius 1 is 0.769 bits per heavy atom. The molecule has 0 bridgehead atoms. The maximum Gasteiger partial charge on any atom is 0.311 e. The number of carbonyl (C=O) groups is 2. The molecule has 22 heteroatoms. The van der Waals surface area contributed by atoms with Crippen molar-refractivity contribution in [1.82, 2.24) is 29.9 Å². The molecule has 12 N–H and O–H groups in total. The van der Waals surface area contributed by atoms with Crippen molar-refractivity contribution in [3.63, 3.8) is 0 Å². The second-order valence-corrected chi connectivity index (χ2v) is 20.0. The Balaban J connectivity index is 1.50. The summed E-state index contributed by atoms with van der Waals surface area (Å²) in [5.74, 6) is -5.16. The average Bonchev–Trinajstić information content (AvgIpc) is 3.78. The number of nitrogens with two attached hydrogens (primary N) is 2. The van der Waals surface area contributed by atoms with Crippen LogP contribution in [0.1, 0.15) is 40.5 Å². The van der Waals surface area contributed by atoms with Gasteiger partial charge < -0.3 is 40.9 Å². The summed E-state index contributed by atoms with van der Waals surface area (Å²) in [6.45, 7) is 8.74. The lowest BCUT2D eigenvalue weighted by Crippen LogP contribution is -2.55. The summed E-state index contributed by atoms with van der Waals surface area (Å²) in [6, 6.07) is -1.57. The van der Waals surface area contributed by atoms with Crippen LogP contribution in [0.2, 0.25) is 0 Å². The van der Waals surface area contributed by atoms with Gasteiger partial charge in [0.15, 0.2) is 0 Å². The van der Waals surface area contributed by atoms with Crippen molar-refractivity contribution in [2.75, 3.05) is 39.3 Å². The molecule has 5 heterocycles. The van der Waals surface area contributed by atoms with Gasteiger partial charge in [-0.05, 0) is 26.7 Å². The molecule has 0 saturated carbocycles. The minimum absolute atomic E-state index is 0.0137. The van der Waals surface area contributed by atoms with E-state index >= 15 is 0 Å². The highest BCUT2D eigenvalue weighted by Gasteiger charge is 2.55. The molecule has 12 unspecified atom stereocenters. The van der Waals surface area contributed by atoms with Crippen LogP contribution in [0.15, 0.2) is 21.2 Å². The fraction of sp³-hybridized carbons (Fsp3) is 0.800. The van der Waals surface area contributed by atoms with E-state index in [2.05, 4.69) is 29.9 Å². The monoisotopic (exact) mass is 812 g/mol. The molecule has 0 aromatic rings. The molecule has 5 rings (SSSR count). The Hall–Kier alpha value is -1.70. The third-order valence-electron chi connectivity index (χ3n) is 10.8. The van der Waals surface area contributed by atoms with Gasteiger partial charge in [-0.3, -0.25) is 9.59 Å². The molecular weight excluding hydrogens is 761 g/mol. The van der Waals surface area contributed by atoms with Crippen molar-refractivity contribution in [3.8, 4) is 0 Å². The molecule has 3 saturated heterocycles. The molecule has 0 aromatic heterocycles. The number of fused-ring (bicyclic) bond motifs is 2. The third-order valence-corrected chi connectivity index (χ3v) is 15.1. The molecule has 3 fully saturated rings. The van der Waals surface area contributed by atoms with Crippen LogP contribution in [0.25, 0.3) is 0 Å². The first-order chi connectivity index (χ1) is 24.2. The molecule has 0 amide bonds. The minimum Gasteiger partial charge on any atom is -0.481 e. The first kappa shape index (κ1) is 41.5. The summed E-state index contributed by atoms with van der Waals surface area (Å²) < 4.78 is 50.6. The van der Waals surface area contributed by atoms with Crippen molar-refractivity contribution in [3.05, 3.63) is 21.2 Å². The van der Waals surface area contributed by atoms with Crippen molar-refractivity contribution >= 4 is 55.9 Å². The number of aliphatic hydroxyl groups excluding tert-OH is 2. The summed E-state index contributed by atoms with van der Waals surface area (Å²) in [5, 5.41) is 59.4. The van der Waals surface area contributed by atoms with E-state index in [-0.39, 0.29) is 60.6 Å². The molecule has 0 aromatic carbocycles. The van der Waals surface area contributed by atoms with Crippen molar-refractivity contribution in [1.29, 1.82) is 0 Å². The molecule has 296 valence electrons. The van der Waals surface area contributed by atoms with Gasteiger partial charge in [-0.1, -0.05) is 13.8 Å². The first-order valence-electron chi connectivity index (χ1n) is 17.3. The Labute approximate surface area is 313 Å². The van der Waals surface area contributed by atoms with Crippen LogP contribution in [0, 0.1) is 23.7 Å². The molecule has 12 atom stereocenters. The number of aliphatic hydroxyl groups is 2. The lowest BCUT2D eigenvalue weighted by atomic mass is 9.86. The fourth-order valence-corrected chi connectivity index (χ4v) is 12.5. The Morgan fingerprint density at radius 3 is 1.40 bits per heavy atom. The Kier molecular flexibility index (Phi) is 12.9. The highest BCUT2D eigenvalue weighted by Crippen LogP contribution is 2.54. The van der Waals surface area contributed by atoms with Crippen LogP contribution < -0.4 is 30.4 Å². The van der Waals surface area contributed by atoms with Gasteiger partial charge in [0.25, 0.3) is 20.4 Å². The van der Waals surface area contributed by atoms with Gasteiger partial charge in [0.2, 0.25) is 0 Å². The third kappa shape index (κ3) is 9.21. The number of piperazine rings is 1. The Bertz CT molecular complexity index is 1540. The van der Waals surface area contributed by atoms with Gasteiger partial charge in [0, 0.05) is 81.8 Å². The zero-order valence-electron chi connectivity index (χ0n) is 29.5. The van der Waals surface area contributed by atoms with Crippen LogP contribution in [0.4, 0.5) is 0 Å². The zero-order valence-corrected chi connectivity index (χ0v) is 32.8. The van der Waals surface area contributed by atoms with E-state index in [0.717, 1.165) is 21.2 Å². The maximum absolute atomic E-state index is 12.7. The highest BCUT2D eigenvalue weighted by atomic mass is 32.2. The quantitative estimate of drug-likeness (QED) is 0.0787. The summed E-state index contributed by atoms with van der Waals surface area (Å²) in [4.78, 5) is 31.5. The highest BCUT2D eigenvalue weighted by molar-refractivity contribution is 8.04. The maximum atomic E-state index is 12.7. The van der Waals surface area contributed by atoms with Crippen molar-refractivity contribution in [2.45, 2.75) is 87.4 Å². The number of thioether (sulfide) groups is 2. The van der Waals surface area contributed by atoms with E-state index in [0.29, 0.717) is 25.9 Å². The fourth-order valence-electron chi connectivity index (χ4n) is 8.56. The number of aliphatic carboxylic acids is 2. The lowest BCUT2D eigenvalue weighted by Gasteiger charge is -2.45. The molecule has 0 aliphatic carbocycles. The molecule has 18 nitrogen and oxygen atoms in total. The average molecular weight is 813 g/mol. The van der Waals surface area contributed by atoms with E-state index < -0.39 is 68.5 Å². The second-order valence-electron chi connectivity index (χ2n) is 14.6. The van der Waals surface area contributed by atoms with Crippen LogP contribution in [-0.4, -0.2) is 145 Å². The normalized spacial score (nSPS) is 33.3. The van der Waals surface area contributed by atoms with Crippen LogP contribution in [0.3, 0.4) is 0 Å². The number of nitrogens with one attached hydrogen (secondary N) is 4. The van der Waals surface area contributed by atoms with Crippen LogP contribution in [-0.2, 0) is 30.0 Å². The molecule has 5 aliphatic heterocycles. The second kappa shape index (κ2) is 16.2. The topological polar surface area (TPSA) is 290 Å². The van der Waals surface area contributed by atoms with Gasteiger partial charge >= 0.3 is 11.9 Å². The van der Waals surface area contributed by atoms with Gasteiger partial charge in [-0.25, -0.2) is 19.7 Å². The number of hydrogen-bond donors (Lipinski definition) is 10. The van der Waals surface area contributed by atoms with E-state index in [1.54, 1.807) is 23.5 Å². The Morgan fingerprint density at radius 2 is 1.12 bits per heavy atom. The summed E-state index contributed by atoms with van der Waals surface area (Å²) >= 11 is 3.19. The predicted molar refractivity (Wildman–Crippen MR) is 197 cm³/mol. The lowest BCUT2D eigenvalue weighted by molar-refractivity contribution is -0.151. The van der Waals surface area contributed by atoms with Crippen molar-refractivity contribution < 1.29 is 46.9 Å². The minimum atomic E-state index is -3.87. The predicted octanol–water partition coefficient (Wildman–Crippen LogP) is -2.26. The van der Waals surface area contributed by atoms with Gasteiger partial charge in [0.1, 0.15) is 11.8 Å². The smallest absolute Gasteiger partial charge is 0.311 e. The molecule has 5 aliphatic rings. The zero-order chi connectivity index (χ0) is 38.4. The molecular formula is C30H52N8O10S4. The van der Waals surface area contributed by atoms with Crippen LogP contribution in [0.5, 0.6) is 0 Å². The molecule has 52 heavy (non-hydrogen) atoms. The summed E-state index contributed by atoms with van der Waals surface area (Å²) in [6.07, 6.45) is -1.12. The van der Waals surface area contributed by atoms with Crippen molar-refractivity contribution in [2.24, 2.45) is 33.9 Å². The molecule has 0 radical (unpaired) electrons. The standard InChI is InChI=1S/C30H52N8O10S4/c1-13-25(23(15(3)39)29(41)42)37-12-22-28(50-20-6-18(34-10-20)8-36-52(32,47)48)14(2)26(24(16(4)40)30(43)44)38(22)11-21(37)27(13)49-19-5-17(33-9-19)7-35-51(31,45)46/h13-20,23-26,33-36,39-40H,5-12H2,1-4H3,(H,41,42)(H,43,44)(H2,31,45,46)(H2,32,47,48). The molecule has 0 spiro atoms. The largest absolute Gasteiger partial charge is 0.481 e. The number of nitrogens with zero attached hydrogens (tertiary/aromatic N) is 2. The van der Waals surface area contributed by atoms with E-state index in [4.69, 9.17) is 10.3 Å². The first-order valence-corrected chi connectivity index (χ1v) is 22.2.